The van der Waals surface area contributed by atoms with E-state index in [1.165, 1.54) is 6.92 Å². The second kappa shape index (κ2) is 6.37. The molecule has 2 heterocycles. The average molecular weight is 316 g/mol. The highest BCUT2D eigenvalue weighted by molar-refractivity contribution is 5.97. The minimum Gasteiger partial charge on any atom is -0.336 e. The summed E-state index contributed by atoms with van der Waals surface area (Å²) in [5.41, 5.74) is 1.33. The van der Waals surface area contributed by atoms with Crippen LogP contribution in [0, 0.1) is 5.92 Å². The number of carbonyl (C=O) groups is 3. The molecule has 0 aliphatic carbocycles. The van der Waals surface area contributed by atoms with Crippen LogP contribution in [0.5, 0.6) is 0 Å². The molecule has 2 saturated heterocycles. The van der Waals surface area contributed by atoms with Crippen molar-refractivity contribution in [1.82, 2.24) is 10.2 Å². The molecule has 1 aromatic rings. The summed E-state index contributed by atoms with van der Waals surface area (Å²) in [6, 6.07) is 7.14. The predicted octanol–water partition coefficient (Wildman–Crippen LogP) is 0.404. The fraction of sp³-hybridized carbons (Fsp3) is 0.438. The molecule has 0 saturated carbocycles. The summed E-state index contributed by atoms with van der Waals surface area (Å²) >= 11 is 0. The zero-order valence-corrected chi connectivity index (χ0v) is 13.0. The molecule has 0 radical (unpaired) electrons. The molecule has 1 atom stereocenters. The molecule has 3 amide bonds. The van der Waals surface area contributed by atoms with Crippen molar-refractivity contribution in [1.29, 1.82) is 0 Å². The van der Waals surface area contributed by atoms with Crippen molar-refractivity contribution in [3.8, 4) is 0 Å². The van der Waals surface area contributed by atoms with Crippen LogP contribution in [0.25, 0.3) is 0 Å². The van der Waals surface area contributed by atoms with E-state index in [0.717, 1.165) is 13.1 Å². The summed E-state index contributed by atoms with van der Waals surface area (Å²) < 4.78 is 0. The number of amides is 3. The van der Waals surface area contributed by atoms with E-state index < -0.39 is 0 Å². The largest absolute Gasteiger partial charge is 0.336 e. The van der Waals surface area contributed by atoms with Crippen molar-refractivity contribution in [3.05, 3.63) is 24.3 Å². The number of hydrogen-bond donors (Lipinski definition) is 3. The molecule has 7 nitrogen and oxygen atoms in total. The molecule has 3 N–H and O–H groups in total. The number of anilines is 2. The summed E-state index contributed by atoms with van der Waals surface area (Å²) in [5.74, 6) is -0.534. The monoisotopic (exact) mass is 316 g/mol. The van der Waals surface area contributed by atoms with E-state index >= 15 is 0 Å². The molecule has 1 unspecified atom stereocenters. The predicted molar refractivity (Wildman–Crippen MR) is 85.9 cm³/mol. The van der Waals surface area contributed by atoms with Gasteiger partial charge in [-0.25, -0.2) is 0 Å². The molecule has 2 fully saturated rings. The fourth-order valence-corrected chi connectivity index (χ4v) is 2.84. The quantitative estimate of drug-likeness (QED) is 0.750. The number of nitrogens with zero attached hydrogens (tertiary/aromatic N) is 1. The van der Waals surface area contributed by atoms with E-state index in [1.807, 2.05) is 0 Å². The van der Waals surface area contributed by atoms with Crippen LogP contribution in [0.1, 0.15) is 13.3 Å². The lowest BCUT2D eigenvalue weighted by atomic mass is 10.1. The van der Waals surface area contributed by atoms with Crippen LogP contribution in [-0.4, -0.2) is 48.3 Å². The molecular formula is C16H20N4O3. The van der Waals surface area contributed by atoms with Crippen LogP contribution in [0.3, 0.4) is 0 Å². The van der Waals surface area contributed by atoms with Gasteiger partial charge in [-0.3, -0.25) is 14.4 Å². The summed E-state index contributed by atoms with van der Waals surface area (Å²) in [6.07, 6.45) is 0.270. The zero-order valence-electron chi connectivity index (χ0n) is 13.0. The van der Waals surface area contributed by atoms with Gasteiger partial charge in [0.2, 0.25) is 17.7 Å². The third-order valence-corrected chi connectivity index (χ3v) is 4.20. The van der Waals surface area contributed by atoms with E-state index in [4.69, 9.17) is 0 Å². The molecule has 23 heavy (non-hydrogen) atoms. The Balaban J connectivity index is 1.56. The van der Waals surface area contributed by atoms with Gasteiger partial charge in [-0.05, 0) is 24.3 Å². The van der Waals surface area contributed by atoms with Crippen molar-refractivity contribution < 1.29 is 14.4 Å². The van der Waals surface area contributed by atoms with E-state index in [1.54, 1.807) is 29.2 Å². The Bertz CT molecular complexity index is 625. The number of benzene rings is 1. The van der Waals surface area contributed by atoms with Crippen LogP contribution in [0.2, 0.25) is 0 Å². The van der Waals surface area contributed by atoms with Crippen molar-refractivity contribution in [3.63, 3.8) is 0 Å². The molecule has 7 heteroatoms. The number of rotatable bonds is 4. The van der Waals surface area contributed by atoms with Gasteiger partial charge in [0.15, 0.2) is 0 Å². The van der Waals surface area contributed by atoms with Crippen LogP contribution < -0.4 is 16.0 Å². The molecule has 1 aromatic carbocycles. The summed E-state index contributed by atoms with van der Waals surface area (Å²) in [7, 11) is 0. The van der Waals surface area contributed by atoms with Gasteiger partial charge in [0.05, 0.1) is 12.0 Å². The third-order valence-electron chi connectivity index (χ3n) is 4.20. The Labute approximate surface area is 134 Å². The minimum atomic E-state index is -0.307. The second-order valence-corrected chi connectivity index (χ2v) is 6.01. The Morgan fingerprint density at radius 2 is 1.74 bits per heavy atom. The molecule has 0 bridgehead atoms. The normalized spacial score (nSPS) is 21.0. The molecule has 0 spiro atoms. The van der Waals surface area contributed by atoms with Gasteiger partial charge in [-0.2, -0.15) is 0 Å². The van der Waals surface area contributed by atoms with Gasteiger partial charge < -0.3 is 20.9 Å². The number of likely N-dealkylation sites (tertiary alicyclic amines) is 1. The highest BCUT2D eigenvalue weighted by Crippen LogP contribution is 2.23. The highest BCUT2D eigenvalue weighted by Gasteiger charge is 2.39. The first-order chi connectivity index (χ1) is 11.0. The van der Waals surface area contributed by atoms with E-state index in [0.29, 0.717) is 17.9 Å². The van der Waals surface area contributed by atoms with Gasteiger partial charge in [-0.15, -0.1) is 0 Å². The lowest BCUT2D eigenvalue weighted by Gasteiger charge is -2.35. The Hall–Kier alpha value is -2.41. The standard InChI is InChI=1S/C16H20N4O3/c1-10(21)18-12-2-4-13(5-3-12)19-16(23)11-6-15(22)20(9-11)14-7-17-8-14/h2-5,11,14,17H,6-9H2,1H3,(H,18,21)(H,19,23). The first kappa shape index (κ1) is 15.5. The van der Waals surface area contributed by atoms with E-state index in [-0.39, 0.29) is 36.1 Å². The molecule has 2 aliphatic heterocycles. The molecule has 2 aliphatic rings. The van der Waals surface area contributed by atoms with Gasteiger partial charge >= 0.3 is 0 Å². The van der Waals surface area contributed by atoms with Crippen molar-refractivity contribution in [2.75, 3.05) is 30.3 Å². The second-order valence-electron chi connectivity index (χ2n) is 6.01. The van der Waals surface area contributed by atoms with Crippen molar-refractivity contribution >= 4 is 29.1 Å². The minimum absolute atomic E-state index is 0.0534. The number of nitrogens with one attached hydrogen (secondary N) is 3. The Morgan fingerprint density at radius 1 is 1.13 bits per heavy atom. The molecule has 0 aromatic heterocycles. The lowest BCUT2D eigenvalue weighted by molar-refractivity contribution is -0.130. The topological polar surface area (TPSA) is 90.5 Å². The Kier molecular flexibility index (Phi) is 4.29. The van der Waals surface area contributed by atoms with Gasteiger partial charge in [0, 0.05) is 44.4 Å². The molecule has 3 rings (SSSR count). The van der Waals surface area contributed by atoms with Crippen LogP contribution in [-0.2, 0) is 14.4 Å². The molecular weight excluding hydrogens is 296 g/mol. The van der Waals surface area contributed by atoms with Crippen LogP contribution >= 0.6 is 0 Å². The van der Waals surface area contributed by atoms with Gasteiger partial charge in [-0.1, -0.05) is 0 Å². The lowest BCUT2D eigenvalue weighted by Crippen LogP contribution is -2.57. The fourth-order valence-electron chi connectivity index (χ4n) is 2.84. The summed E-state index contributed by atoms with van der Waals surface area (Å²) in [5, 5.41) is 8.64. The smallest absolute Gasteiger partial charge is 0.229 e. The van der Waals surface area contributed by atoms with E-state index in [9.17, 15) is 14.4 Å². The van der Waals surface area contributed by atoms with Crippen LogP contribution in [0.15, 0.2) is 24.3 Å². The third kappa shape index (κ3) is 3.50. The van der Waals surface area contributed by atoms with Crippen molar-refractivity contribution in [2.45, 2.75) is 19.4 Å². The Morgan fingerprint density at radius 3 is 2.26 bits per heavy atom. The summed E-state index contributed by atoms with van der Waals surface area (Å²) in [4.78, 5) is 37.1. The number of carbonyl (C=O) groups excluding carboxylic acids is 3. The van der Waals surface area contributed by atoms with Gasteiger partial charge in [0.1, 0.15) is 0 Å². The van der Waals surface area contributed by atoms with Crippen molar-refractivity contribution in [2.24, 2.45) is 5.92 Å². The average Bonchev–Trinajstić information content (AvgIpc) is 2.81. The highest BCUT2D eigenvalue weighted by atomic mass is 16.2. The maximum Gasteiger partial charge on any atom is 0.229 e. The maximum atomic E-state index is 12.3. The number of hydrogen-bond acceptors (Lipinski definition) is 4. The van der Waals surface area contributed by atoms with Crippen LogP contribution in [0.4, 0.5) is 11.4 Å². The maximum absolute atomic E-state index is 12.3. The molecule has 122 valence electrons. The summed E-state index contributed by atoms with van der Waals surface area (Å²) in [6.45, 7) is 3.55. The van der Waals surface area contributed by atoms with E-state index in [2.05, 4.69) is 16.0 Å². The SMILES string of the molecule is CC(=O)Nc1ccc(NC(=O)C2CC(=O)N(C3CNC3)C2)cc1. The zero-order chi connectivity index (χ0) is 16.4. The van der Waals surface area contributed by atoms with Gasteiger partial charge in [0.25, 0.3) is 0 Å². The first-order valence-corrected chi connectivity index (χ1v) is 7.71. The first-order valence-electron chi connectivity index (χ1n) is 7.71.